The lowest BCUT2D eigenvalue weighted by atomic mass is 10.1. The fraction of sp³-hybridized carbons (Fsp3) is 0.167. The number of rotatable bonds is 1. The van der Waals surface area contributed by atoms with Gasteiger partial charge in [-0.3, -0.25) is 0 Å². The van der Waals surface area contributed by atoms with Crippen molar-refractivity contribution in [1.82, 2.24) is 9.97 Å². The highest BCUT2D eigenvalue weighted by atomic mass is 19.4. The van der Waals surface area contributed by atoms with E-state index in [0.29, 0.717) is 11.4 Å². The van der Waals surface area contributed by atoms with Crippen LogP contribution in [0.2, 0.25) is 0 Å². The highest BCUT2D eigenvalue weighted by Gasteiger charge is 2.30. The molecule has 2 rings (SSSR count). The quantitative estimate of drug-likeness (QED) is 0.760. The average molecular weight is 238 g/mol. The molecule has 0 spiro atoms. The Bertz CT molecular complexity index is 518. The summed E-state index contributed by atoms with van der Waals surface area (Å²) in [4.78, 5) is 7.99. The number of aryl methyl sites for hydroxylation is 1. The molecular weight excluding hydrogens is 229 g/mol. The van der Waals surface area contributed by atoms with E-state index >= 15 is 0 Å². The first kappa shape index (κ1) is 11.6. The van der Waals surface area contributed by atoms with Crippen LogP contribution in [0.5, 0.6) is 0 Å². The van der Waals surface area contributed by atoms with Crippen LogP contribution in [-0.4, -0.2) is 9.97 Å². The minimum atomic E-state index is -4.35. The lowest BCUT2D eigenvalue weighted by molar-refractivity contribution is -0.137. The fourth-order valence-electron chi connectivity index (χ4n) is 1.38. The summed E-state index contributed by atoms with van der Waals surface area (Å²) in [5.41, 5.74) is 0.528. The fourth-order valence-corrected chi connectivity index (χ4v) is 1.38. The molecule has 17 heavy (non-hydrogen) atoms. The maximum atomic E-state index is 12.5. The molecule has 0 atom stereocenters. The summed E-state index contributed by atoms with van der Waals surface area (Å²) in [7, 11) is 0. The maximum Gasteiger partial charge on any atom is 0.416 e. The molecule has 1 aromatic carbocycles. The van der Waals surface area contributed by atoms with Gasteiger partial charge in [-0.25, -0.2) is 9.97 Å². The van der Waals surface area contributed by atoms with Gasteiger partial charge in [0.2, 0.25) is 0 Å². The van der Waals surface area contributed by atoms with Gasteiger partial charge in [0.1, 0.15) is 0 Å². The Morgan fingerprint density at radius 2 is 1.71 bits per heavy atom. The van der Waals surface area contributed by atoms with Crippen molar-refractivity contribution in [2.75, 3.05) is 0 Å². The number of nitrogens with zero attached hydrogens (tertiary/aromatic N) is 2. The largest absolute Gasteiger partial charge is 0.416 e. The van der Waals surface area contributed by atoms with Crippen molar-refractivity contribution < 1.29 is 13.2 Å². The van der Waals surface area contributed by atoms with E-state index in [9.17, 15) is 13.2 Å². The molecule has 0 N–H and O–H groups in total. The summed E-state index contributed by atoms with van der Waals surface area (Å²) in [6, 6.07) is 4.98. The molecule has 0 amide bonds. The van der Waals surface area contributed by atoms with Gasteiger partial charge in [0.05, 0.1) is 5.56 Å². The normalized spacial score (nSPS) is 11.5. The molecule has 0 fully saturated rings. The van der Waals surface area contributed by atoms with Crippen molar-refractivity contribution in [3.05, 3.63) is 47.8 Å². The molecule has 0 saturated heterocycles. The maximum absolute atomic E-state index is 12.5. The van der Waals surface area contributed by atoms with Crippen LogP contribution in [0.4, 0.5) is 13.2 Å². The van der Waals surface area contributed by atoms with Crippen LogP contribution in [0.1, 0.15) is 11.1 Å². The molecule has 0 bridgehead atoms. The van der Waals surface area contributed by atoms with Crippen LogP contribution in [0.15, 0.2) is 36.7 Å². The first-order valence-corrected chi connectivity index (χ1v) is 4.93. The van der Waals surface area contributed by atoms with Gasteiger partial charge in [-0.05, 0) is 24.6 Å². The van der Waals surface area contributed by atoms with Gasteiger partial charge in [0, 0.05) is 18.0 Å². The number of alkyl halides is 3. The Hall–Kier alpha value is -1.91. The van der Waals surface area contributed by atoms with Gasteiger partial charge in [0.25, 0.3) is 0 Å². The molecule has 0 radical (unpaired) electrons. The molecule has 1 aromatic heterocycles. The summed E-state index contributed by atoms with van der Waals surface area (Å²) in [5.74, 6) is 0.293. The third-order valence-electron chi connectivity index (χ3n) is 2.23. The van der Waals surface area contributed by atoms with E-state index in [4.69, 9.17) is 0 Å². The molecule has 0 saturated carbocycles. The van der Waals surface area contributed by atoms with E-state index in [2.05, 4.69) is 9.97 Å². The standard InChI is InChI=1S/C12H9F3N2/c1-8-6-16-11(17-7-8)9-3-2-4-10(5-9)12(13,14)15/h2-7H,1H3. The van der Waals surface area contributed by atoms with Crippen molar-refractivity contribution >= 4 is 0 Å². The van der Waals surface area contributed by atoms with Gasteiger partial charge in [-0.2, -0.15) is 13.2 Å². The highest BCUT2D eigenvalue weighted by Crippen LogP contribution is 2.31. The van der Waals surface area contributed by atoms with Crippen LogP contribution in [0.25, 0.3) is 11.4 Å². The zero-order valence-electron chi connectivity index (χ0n) is 8.99. The number of aromatic nitrogens is 2. The smallest absolute Gasteiger partial charge is 0.236 e. The van der Waals surface area contributed by atoms with E-state index in [0.717, 1.165) is 17.7 Å². The Morgan fingerprint density at radius 1 is 1.06 bits per heavy atom. The monoisotopic (exact) mass is 238 g/mol. The SMILES string of the molecule is Cc1cnc(-c2cccc(C(F)(F)F)c2)nc1. The molecular formula is C12H9F3N2. The number of benzene rings is 1. The first-order valence-electron chi connectivity index (χ1n) is 4.93. The molecule has 2 nitrogen and oxygen atoms in total. The highest BCUT2D eigenvalue weighted by molar-refractivity contribution is 5.56. The van der Waals surface area contributed by atoms with Crippen LogP contribution in [-0.2, 0) is 6.18 Å². The predicted octanol–water partition coefficient (Wildman–Crippen LogP) is 3.47. The Labute approximate surface area is 96.2 Å². The Kier molecular flexibility index (Phi) is 2.83. The molecule has 2 aromatic rings. The lowest BCUT2D eigenvalue weighted by Gasteiger charge is -2.07. The molecule has 5 heteroatoms. The van der Waals surface area contributed by atoms with E-state index < -0.39 is 11.7 Å². The second-order valence-electron chi connectivity index (χ2n) is 3.66. The molecule has 0 aliphatic carbocycles. The molecule has 0 aliphatic heterocycles. The second kappa shape index (κ2) is 4.16. The molecule has 0 unspecified atom stereocenters. The third kappa shape index (κ3) is 2.61. The minimum Gasteiger partial charge on any atom is -0.236 e. The van der Waals surface area contributed by atoms with E-state index in [1.165, 1.54) is 6.07 Å². The topological polar surface area (TPSA) is 25.8 Å². The first-order chi connectivity index (χ1) is 7.97. The lowest BCUT2D eigenvalue weighted by Crippen LogP contribution is -2.04. The van der Waals surface area contributed by atoms with Crippen molar-refractivity contribution in [1.29, 1.82) is 0 Å². The van der Waals surface area contributed by atoms with Gasteiger partial charge in [0.15, 0.2) is 5.82 Å². The summed E-state index contributed by atoms with van der Waals surface area (Å²) >= 11 is 0. The van der Waals surface area contributed by atoms with Crippen molar-refractivity contribution in [3.8, 4) is 11.4 Å². The minimum absolute atomic E-state index is 0.293. The summed E-state index contributed by atoms with van der Waals surface area (Å²) in [6.07, 6.45) is -1.20. The number of hydrogen-bond acceptors (Lipinski definition) is 2. The van der Waals surface area contributed by atoms with E-state index in [1.54, 1.807) is 18.5 Å². The van der Waals surface area contributed by atoms with Crippen LogP contribution in [0.3, 0.4) is 0 Å². The van der Waals surface area contributed by atoms with Gasteiger partial charge in [-0.15, -0.1) is 0 Å². The van der Waals surface area contributed by atoms with Crippen LogP contribution < -0.4 is 0 Å². The van der Waals surface area contributed by atoms with Gasteiger partial charge in [-0.1, -0.05) is 12.1 Å². The Morgan fingerprint density at radius 3 is 2.29 bits per heavy atom. The molecule has 1 heterocycles. The molecule has 0 aliphatic rings. The number of hydrogen-bond donors (Lipinski definition) is 0. The summed E-state index contributed by atoms with van der Waals surface area (Å²) in [5, 5.41) is 0. The van der Waals surface area contributed by atoms with Gasteiger partial charge >= 0.3 is 6.18 Å². The molecule has 88 valence electrons. The summed E-state index contributed by atoms with van der Waals surface area (Å²) in [6.45, 7) is 1.82. The predicted molar refractivity (Wildman–Crippen MR) is 57.2 cm³/mol. The third-order valence-corrected chi connectivity index (χ3v) is 2.23. The van der Waals surface area contributed by atoms with Crippen molar-refractivity contribution in [3.63, 3.8) is 0 Å². The number of halogens is 3. The van der Waals surface area contributed by atoms with Crippen LogP contribution in [0, 0.1) is 6.92 Å². The van der Waals surface area contributed by atoms with E-state index in [-0.39, 0.29) is 0 Å². The van der Waals surface area contributed by atoms with Crippen molar-refractivity contribution in [2.45, 2.75) is 13.1 Å². The second-order valence-corrected chi connectivity index (χ2v) is 3.66. The van der Waals surface area contributed by atoms with Crippen molar-refractivity contribution in [2.24, 2.45) is 0 Å². The van der Waals surface area contributed by atoms with Crippen LogP contribution >= 0.6 is 0 Å². The summed E-state index contributed by atoms with van der Waals surface area (Å²) < 4.78 is 37.5. The zero-order valence-corrected chi connectivity index (χ0v) is 8.99. The zero-order chi connectivity index (χ0) is 12.5. The van der Waals surface area contributed by atoms with E-state index in [1.807, 2.05) is 6.92 Å². The average Bonchev–Trinajstić information content (AvgIpc) is 2.29. The van der Waals surface area contributed by atoms with Gasteiger partial charge < -0.3 is 0 Å². The Balaban J connectivity index is 2.43.